The van der Waals surface area contributed by atoms with Crippen molar-refractivity contribution in [3.8, 4) is 0 Å². The second kappa shape index (κ2) is 4.69. The molecule has 1 aliphatic rings. The van der Waals surface area contributed by atoms with E-state index in [0.717, 1.165) is 12.8 Å². The second-order valence-electron chi connectivity index (χ2n) is 4.77. The smallest absolute Gasteiger partial charge is 0.313 e. The molecule has 1 aliphatic heterocycles. The minimum Gasteiger partial charge on any atom is -0.461 e. The van der Waals surface area contributed by atoms with Crippen molar-refractivity contribution in [2.24, 2.45) is 11.8 Å². The van der Waals surface area contributed by atoms with E-state index in [1.54, 1.807) is 0 Å². The van der Waals surface area contributed by atoms with Crippen LogP contribution >= 0.6 is 0 Å². The molecule has 2 heteroatoms. The van der Waals surface area contributed by atoms with E-state index in [0.29, 0.717) is 5.92 Å². The first-order chi connectivity index (χ1) is 7.68. The molecule has 16 heavy (non-hydrogen) atoms. The molecular weight excluding hydrogens is 200 g/mol. The van der Waals surface area contributed by atoms with Gasteiger partial charge in [0.15, 0.2) is 0 Å². The van der Waals surface area contributed by atoms with Crippen LogP contribution in [0.15, 0.2) is 30.3 Å². The Morgan fingerprint density at radius 3 is 2.50 bits per heavy atom. The van der Waals surface area contributed by atoms with Gasteiger partial charge in [0.25, 0.3) is 0 Å². The molecule has 0 N–H and O–H groups in total. The third-order valence-corrected chi connectivity index (χ3v) is 3.22. The number of ether oxygens (including phenoxy) is 1. The maximum Gasteiger partial charge on any atom is 0.313 e. The quantitative estimate of drug-likeness (QED) is 0.726. The first-order valence-corrected chi connectivity index (χ1v) is 5.93. The van der Waals surface area contributed by atoms with Gasteiger partial charge in [0.2, 0.25) is 0 Å². The molecule has 0 spiro atoms. The topological polar surface area (TPSA) is 26.3 Å². The van der Waals surface area contributed by atoms with Gasteiger partial charge in [-0.25, -0.2) is 0 Å². The normalized spacial score (nSPS) is 24.1. The molecule has 1 fully saturated rings. The third kappa shape index (κ3) is 2.26. The molecule has 86 valence electrons. The van der Waals surface area contributed by atoms with Gasteiger partial charge < -0.3 is 4.74 Å². The Kier molecular flexibility index (Phi) is 3.28. The summed E-state index contributed by atoms with van der Waals surface area (Å²) in [5.41, 5.74) is 1.31. The molecule has 1 heterocycles. The molecule has 0 radical (unpaired) electrons. The summed E-state index contributed by atoms with van der Waals surface area (Å²) >= 11 is 0. The summed E-state index contributed by atoms with van der Waals surface area (Å²) in [6, 6.07) is 10.3. The highest BCUT2D eigenvalue weighted by atomic mass is 16.6. The minimum absolute atomic E-state index is 0.0203. The number of carbonyl (C=O) groups is 1. The molecule has 1 aromatic carbocycles. The Labute approximate surface area is 96.6 Å². The molecule has 0 bridgehead atoms. The molecule has 0 saturated carbocycles. The van der Waals surface area contributed by atoms with Crippen molar-refractivity contribution in [3.63, 3.8) is 0 Å². The van der Waals surface area contributed by atoms with Crippen molar-refractivity contribution in [2.45, 2.75) is 32.8 Å². The number of hydrogen-bond donors (Lipinski definition) is 0. The number of rotatable bonds is 4. The van der Waals surface area contributed by atoms with Crippen LogP contribution in [0.1, 0.15) is 25.8 Å². The Bertz CT molecular complexity index is 356. The van der Waals surface area contributed by atoms with Crippen LogP contribution in [-0.4, -0.2) is 12.1 Å². The number of esters is 1. The zero-order valence-electron chi connectivity index (χ0n) is 9.85. The molecular formula is C14H18O2. The Hall–Kier alpha value is -1.31. The van der Waals surface area contributed by atoms with Gasteiger partial charge in [0.1, 0.15) is 6.10 Å². The highest BCUT2D eigenvalue weighted by Crippen LogP contribution is 2.32. The highest BCUT2D eigenvalue weighted by molar-refractivity contribution is 5.78. The summed E-state index contributed by atoms with van der Waals surface area (Å²) < 4.78 is 5.20. The lowest BCUT2D eigenvalue weighted by molar-refractivity contribution is -0.189. The predicted molar refractivity (Wildman–Crippen MR) is 63.0 cm³/mol. The summed E-state index contributed by atoms with van der Waals surface area (Å²) in [4.78, 5) is 11.3. The van der Waals surface area contributed by atoms with Crippen LogP contribution in [0.3, 0.4) is 0 Å². The molecule has 2 nitrogen and oxygen atoms in total. The van der Waals surface area contributed by atoms with Gasteiger partial charge in [-0.05, 0) is 24.3 Å². The van der Waals surface area contributed by atoms with Crippen LogP contribution in [0.2, 0.25) is 0 Å². The van der Waals surface area contributed by atoms with Gasteiger partial charge in [0, 0.05) is 0 Å². The minimum atomic E-state index is -0.0203. The zero-order valence-corrected chi connectivity index (χ0v) is 9.85. The van der Waals surface area contributed by atoms with Crippen molar-refractivity contribution in [2.75, 3.05) is 0 Å². The average molecular weight is 218 g/mol. The average Bonchev–Trinajstić information content (AvgIpc) is 2.24. The first-order valence-electron chi connectivity index (χ1n) is 5.93. The van der Waals surface area contributed by atoms with E-state index in [-0.39, 0.29) is 18.0 Å². The molecule has 0 amide bonds. The van der Waals surface area contributed by atoms with E-state index in [4.69, 9.17) is 4.74 Å². The van der Waals surface area contributed by atoms with E-state index in [9.17, 15) is 4.79 Å². The van der Waals surface area contributed by atoms with Gasteiger partial charge in [-0.3, -0.25) is 4.79 Å². The van der Waals surface area contributed by atoms with E-state index in [1.807, 2.05) is 18.2 Å². The molecule has 2 rings (SSSR count). The van der Waals surface area contributed by atoms with Crippen LogP contribution in [0.4, 0.5) is 0 Å². The van der Waals surface area contributed by atoms with Crippen LogP contribution in [0.25, 0.3) is 0 Å². The van der Waals surface area contributed by atoms with Crippen molar-refractivity contribution in [3.05, 3.63) is 35.9 Å². The molecule has 0 unspecified atom stereocenters. The summed E-state index contributed by atoms with van der Waals surface area (Å²) in [5.74, 6) is 0.485. The fraction of sp³-hybridized carbons (Fsp3) is 0.500. The Morgan fingerprint density at radius 1 is 1.25 bits per heavy atom. The summed E-state index contributed by atoms with van der Waals surface area (Å²) in [7, 11) is 0. The largest absolute Gasteiger partial charge is 0.461 e. The van der Waals surface area contributed by atoms with Crippen LogP contribution in [0, 0.1) is 11.8 Å². The number of carbonyl (C=O) groups excluding carboxylic acids is 1. The molecule has 0 aromatic heterocycles. The van der Waals surface area contributed by atoms with E-state index >= 15 is 0 Å². The van der Waals surface area contributed by atoms with Gasteiger partial charge in [-0.15, -0.1) is 0 Å². The lowest BCUT2D eigenvalue weighted by Crippen LogP contribution is -2.48. The first kappa shape index (κ1) is 11.2. The summed E-state index contributed by atoms with van der Waals surface area (Å²) in [6.07, 6.45) is 2.06. The number of aryl methyl sites for hydroxylation is 1. The number of hydrogen-bond acceptors (Lipinski definition) is 2. The van der Waals surface area contributed by atoms with E-state index in [2.05, 4.69) is 26.0 Å². The molecule has 1 saturated heterocycles. The van der Waals surface area contributed by atoms with Crippen molar-refractivity contribution < 1.29 is 9.53 Å². The highest BCUT2D eigenvalue weighted by Gasteiger charge is 2.43. The maximum atomic E-state index is 11.3. The number of benzene rings is 1. The van der Waals surface area contributed by atoms with Gasteiger partial charge >= 0.3 is 5.97 Å². The van der Waals surface area contributed by atoms with Gasteiger partial charge in [-0.2, -0.15) is 0 Å². The van der Waals surface area contributed by atoms with Crippen LogP contribution in [0.5, 0.6) is 0 Å². The van der Waals surface area contributed by atoms with Crippen molar-refractivity contribution in [1.29, 1.82) is 0 Å². The lowest BCUT2D eigenvalue weighted by Gasteiger charge is -2.37. The predicted octanol–water partition coefficient (Wildman–Crippen LogP) is 2.82. The van der Waals surface area contributed by atoms with Gasteiger partial charge in [0.05, 0.1) is 5.92 Å². The fourth-order valence-corrected chi connectivity index (χ4v) is 2.27. The zero-order chi connectivity index (χ0) is 11.5. The monoisotopic (exact) mass is 218 g/mol. The lowest BCUT2D eigenvalue weighted by atomic mass is 9.83. The maximum absolute atomic E-state index is 11.3. The van der Waals surface area contributed by atoms with Crippen molar-refractivity contribution in [1.82, 2.24) is 0 Å². The Morgan fingerprint density at radius 2 is 1.94 bits per heavy atom. The Balaban J connectivity index is 1.86. The summed E-state index contributed by atoms with van der Waals surface area (Å²) in [6.45, 7) is 4.17. The number of cyclic esters (lactones) is 1. The van der Waals surface area contributed by atoms with Crippen molar-refractivity contribution >= 4 is 5.97 Å². The fourth-order valence-electron chi connectivity index (χ4n) is 2.27. The second-order valence-corrected chi connectivity index (χ2v) is 4.77. The molecule has 1 aromatic rings. The van der Waals surface area contributed by atoms with Crippen LogP contribution < -0.4 is 0 Å². The molecule has 2 atom stereocenters. The standard InChI is InChI=1S/C14H18O2/c1-10(2)13-12(16-14(13)15)9-8-11-6-4-3-5-7-11/h3-7,10,12-13H,8-9H2,1-2H3/t12-,13+/m0/s1. The van der Waals surface area contributed by atoms with E-state index in [1.165, 1.54) is 5.56 Å². The van der Waals surface area contributed by atoms with E-state index < -0.39 is 0 Å². The molecule has 0 aliphatic carbocycles. The van der Waals surface area contributed by atoms with Gasteiger partial charge in [-0.1, -0.05) is 44.2 Å². The summed E-state index contributed by atoms with van der Waals surface area (Å²) in [5, 5.41) is 0. The SMILES string of the molecule is CC(C)[C@H]1C(=O)O[C@H]1CCc1ccccc1. The van der Waals surface area contributed by atoms with Crippen LogP contribution in [-0.2, 0) is 16.0 Å². The third-order valence-electron chi connectivity index (χ3n) is 3.22.